The van der Waals surface area contributed by atoms with E-state index in [1.54, 1.807) is 0 Å². The Bertz CT molecular complexity index is 482. The predicted octanol–water partition coefficient (Wildman–Crippen LogP) is 4.65. The minimum atomic E-state index is 0.858. The van der Waals surface area contributed by atoms with Gasteiger partial charge >= 0.3 is 0 Å². The van der Waals surface area contributed by atoms with Gasteiger partial charge in [0.05, 0.1) is 12.2 Å². The summed E-state index contributed by atoms with van der Waals surface area (Å²) in [6.07, 6.45) is 4.26. The molecule has 0 amide bonds. The highest BCUT2D eigenvalue weighted by Crippen LogP contribution is 2.17. The number of anilines is 1. The van der Waals surface area contributed by atoms with E-state index in [2.05, 4.69) is 69.1 Å². The molecule has 0 aliphatic carbocycles. The van der Waals surface area contributed by atoms with Gasteiger partial charge in [-0.2, -0.15) is 0 Å². The number of benzene rings is 1. The highest BCUT2D eigenvalue weighted by molar-refractivity contribution is 9.10. The van der Waals surface area contributed by atoms with Crippen LogP contribution in [0.1, 0.15) is 25.5 Å². The number of rotatable bonds is 6. The van der Waals surface area contributed by atoms with E-state index >= 15 is 0 Å². The summed E-state index contributed by atoms with van der Waals surface area (Å²) >= 11 is 3.42. The number of halogens is 1. The molecule has 0 unspecified atom stereocenters. The van der Waals surface area contributed by atoms with Crippen molar-refractivity contribution in [1.29, 1.82) is 0 Å². The van der Waals surface area contributed by atoms with Gasteiger partial charge in [0, 0.05) is 22.9 Å². The zero-order valence-electron chi connectivity index (χ0n) is 11.2. The molecule has 0 radical (unpaired) electrons. The van der Waals surface area contributed by atoms with Crippen LogP contribution in [0.15, 0.2) is 53.1 Å². The van der Waals surface area contributed by atoms with Crippen LogP contribution < -0.4 is 4.90 Å². The SMILES string of the molecule is CCCCN(Cc1ccc(Br)cn1)c1ccccc1. The smallest absolute Gasteiger partial charge is 0.0602 e. The highest BCUT2D eigenvalue weighted by Gasteiger charge is 2.07. The molecule has 2 nitrogen and oxygen atoms in total. The number of aromatic nitrogens is 1. The second-order valence-corrected chi connectivity index (χ2v) is 5.49. The molecule has 2 aromatic rings. The summed E-state index contributed by atoms with van der Waals surface area (Å²) in [6, 6.07) is 14.7. The molecular weight excluding hydrogens is 300 g/mol. The van der Waals surface area contributed by atoms with Gasteiger partial charge in [0.2, 0.25) is 0 Å². The first-order valence-corrected chi connectivity index (χ1v) is 7.49. The van der Waals surface area contributed by atoms with Crippen LogP contribution in [0.5, 0.6) is 0 Å². The Morgan fingerprint density at radius 1 is 1.11 bits per heavy atom. The molecule has 1 aromatic carbocycles. The fraction of sp³-hybridized carbons (Fsp3) is 0.312. The van der Waals surface area contributed by atoms with E-state index in [-0.39, 0.29) is 0 Å². The molecule has 1 heterocycles. The minimum absolute atomic E-state index is 0.858. The Balaban J connectivity index is 2.11. The minimum Gasteiger partial charge on any atom is -0.366 e. The lowest BCUT2D eigenvalue weighted by Crippen LogP contribution is -2.24. The Labute approximate surface area is 123 Å². The lowest BCUT2D eigenvalue weighted by atomic mass is 10.2. The second kappa shape index (κ2) is 7.29. The molecule has 0 spiro atoms. The Morgan fingerprint density at radius 2 is 1.89 bits per heavy atom. The molecule has 100 valence electrons. The third-order valence-electron chi connectivity index (χ3n) is 3.04. The van der Waals surface area contributed by atoms with Crippen molar-refractivity contribution < 1.29 is 0 Å². The summed E-state index contributed by atoms with van der Waals surface area (Å²) in [4.78, 5) is 6.85. The van der Waals surface area contributed by atoms with Crippen molar-refractivity contribution in [3.05, 3.63) is 58.8 Å². The fourth-order valence-electron chi connectivity index (χ4n) is 1.98. The number of nitrogens with zero attached hydrogens (tertiary/aromatic N) is 2. The first-order valence-electron chi connectivity index (χ1n) is 6.70. The first kappa shape index (κ1) is 14.1. The van der Waals surface area contributed by atoms with Gasteiger partial charge in [0.1, 0.15) is 0 Å². The number of para-hydroxylation sites is 1. The van der Waals surface area contributed by atoms with E-state index in [9.17, 15) is 0 Å². The van der Waals surface area contributed by atoms with Gasteiger partial charge in [0.25, 0.3) is 0 Å². The third kappa shape index (κ3) is 4.35. The van der Waals surface area contributed by atoms with Crippen molar-refractivity contribution in [1.82, 2.24) is 4.98 Å². The van der Waals surface area contributed by atoms with Crippen LogP contribution in [-0.4, -0.2) is 11.5 Å². The zero-order chi connectivity index (χ0) is 13.5. The molecule has 3 heteroatoms. The molecule has 2 rings (SSSR count). The van der Waals surface area contributed by atoms with E-state index in [1.807, 2.05) is 12.3 Å². The van der Waals surface area contributed by atoms with Gasteiger partial charge < -0.3 is 4.90 Å². The lowest BCUT2D eigenvalue weighted by Gasteiger charge is -2.24. The van der Waals surface area contributed by atoms with E-state index < -0.39 is 0 Å². The highest BCUT2D eigenvalue weighted by atomic mass is 79.9. The molecule has 0 saturated heterocycles. The summed E-state index contributed by atoms with van der Waals surface area (Å²) in [5.74, 6) is 0. The van der Waals surface area contributed by atoms with Gasteiger partial charge in [-0.25, -0.2) is 0 Å². The molecule has 0 atom stereocenters. The largest absolute Gasteiger partial charge is 0.366 e. The fourth-order valence-corrected chi connectivity index (χ4v) is 2.22. The molecule has 0 saturated carbocycles. The maximum Gasteiger partial charge on any atom is 0.0602 e. The maximum absolute atomic E-state index is 4.46. The van der Waals surface area contributed by atoms with Crippen molar-refractivity contribution in [2.45, 2.75) is 26.3 Å². The number of hydrogen-bond acceptors (Lipinski definition) is 2. The summed E-state index contributed by atoms with van der Waals surface area (Å²) in [5.41, 5.74) is 2.36. The topological polar surface area (TPSA) is 16.1 Å². The zero-order valence-corrected chi connectivity index (χ0v) is 12.8. The monoisotopic (exact) mass is 318 g/mol. The summed E-state index contributed by atoms with van der Waals surface area (Å²) < 4.78 is 1.02. The van der Waals surface area contributed by atoms with Gasteiger partial charge in [-0.05, 0) is 46.6 Å². The third-order valence-corrected chi connectivity index (χ3v) is 3.51. The van der Waals surface area contributed by atoms with Crippen molar-refractivity contribution in [3.8, 4) is 0 Å². The van der Waals surface area contributed by atoms with Gasteiger partial charge in [0.15, 0.2) is 0 Å². The van der Waals surface area contributed by atoms with Crippen molar-refractivity contribution >= 4 is 21.6 Å². The van der Waals surface area contributed by atoms with E-state index in [0.717, 1.165) is 23.3 Å². The Hall–Kier alpha value is -1.35. The van der Waals surface area contributed by atoms with Crippen LogP contribution >= 0.6 is 15.9 Å². The number of hydrogen-bond donors (Lipinski definition) is 0. The van der Waals surface area contributed by atoms with Crippen LogP contribution in [0, 0.1) is 0 Å². The van der Waals surface area contributed by atoms with Gasteiger partial charge in [-0.3, -0.25) is 4.98 Å². The molecule has 0 N–H and O–H groups in total. The first-order chi connectivity index (χ1) is 9.29. The lowest BCUT2D eigenvalue weighted by molar-refractivity contribution is 0.708. The van der Waals surface area contributed by atoms with Crippen molar-refractivity contribution in [2.24, 2.45) is 0 Å². The van der Waals surface area contributed by atoms with Crippen LogP contribution in [0.2, 0.25) is 0 Å². The van der Waals surface area contributed by atoms with Crippen LogP contribution in [0.4, 0.5) is 5.69 Å². The molecule has 19 heavy (non-hydrogen) atoms. The van der Waals surface area contributed by atoms with E-state index in [1.165, 1.54) is 18.5 Å². The molecule has 0 aliphatic heterocycles. The van der Waals surface area contributed by atoms with Gasteiger partial charge in [-0.1, -0.05) is 31.5 Å². The summed E-state index contributed by atoms with van der Waals surface area (Å²) in [7, 11) is 0. The molecule has 0 bridgehead atoms. The standard InChI is InChI=1S/C16H19BrN2/c1-2-3-11-19(16-7-5-4-6-8-16)13-15-10-9-14(17)12-18-15/h4-10,12H,2-3,11,13H2,1H3. The maximum atomic E-state index is 4.46. The number of pyridine rings is 1. The predicted molar refractivity (Wildman–Crippen MR) is 84.3 cm³/mol. The van der Waals surface area contributed by atoms with Crippen molar-refractivity contribution in [3.63, 3.8) is 0 Å². The average Bonchev–Trinajstić information content (AvgIpc) is 2.46. The molecular formula is C16H19BrN2. The van der Waals surface area contributed by atoms with E-state index in [4.69, 9.17) is 0 Å². The van der Waals surface area contributed by atoms with Crippen LogP contribution in [0.3, 0.4) is 0 Å². The van der Waals surface area contributed by atoms with E-state index in [0.29, 0.717) is 0 Å². The van der Waals surface area contributed by atoms with Gasteiger partial charge in [-0.15, -0.1) is 0 Å². The quantitative estimate of drug-likeness (QED) is 0.770. The molecule has 1 aromatic heterocycles. The summed E-state index contributed by atoms with van der Waals surface area (Å²) in [6.45, 7) is 4.15. The second-order valence-electron chi connectivity index (χ2n) is 4.58. The number of unbranched alkanes of at least 4 members (excludes halogenated alkanes) is 1. The van der Waals surface area contributed by atoms with Crippen LogP contribution in [-0.2, 0) is 6.54 Å². The average molecular weight is 319 g/mol. The Kier molecular flexibility index (Phi) is 5.40. The normalized spacial score (nSPS) is 10.4. The molecule has 0 aliphatic rings. The van der Waals surface area contributed by atoms with Crippen LogP contribution in [0.25, 0.3) is 0 Å². The molecule has 0 fully saturated rings. The van der Waals surface area contributed by atoms with Crippen molar-refractivity contribution in [2.75, 3.05) is 11.4 Å². The summed E-state index contributed by atoms with van der Waals surface area (Å²) in [5, 5.41) is 0. The Morgan fingerprint density at radius 3 is 2.53 bits per heavy atom.